The third kappa shape index (κ3) is 5.41. The van der Waals surface area contributed by atoms with E-state index in [1.807, 2.05) is 12.2 Å². The lowest BCUT2D eigenvalue weighted by Gasteiger charge is -1.79. The van der Waals surface area contributed by atoms with Gasteiger partial charge in [-0.2, -0.15) is 0 Å². The van der Waals surface area contributed by atoms with Crippen molar-refractivity contribution in [2.24, 2.45) is 0 Å². The molecule has 0 saturated carbocycles. The molecule has 0 aliphatic heterocycles. The number of hydrogen-bond acceptors (Lipinski definition) is 1. The Labute approximate surface area is 50.4 Å². The zero-order chi connectivity index (χ0) is 6.24. The second-order valence-electron chi connectivity index (χ2n) is 1.66. The van der Waals surface area contributed by atoms with E-state index in [1.54, 1.807) is 0 Å². The molecule has 0 saturated heterocycles. The summed E-state index contributed by atoms with van der Waals surface area (Å²) in [7, 11) is 0. The number of aldehydes is 1. The van der Waals surface area contributed by atoms with Gasteiger partial charge >= 0.3 is 0 Å². The molecular weight excluding hydrogens is 100 g/mol. The molecule has 0 aromatic rings. The molecule has 0 spiro atoms. The van der Waals surface area contributed by atoms with Crippen LogP contribution in [0.4, 0.5) is 0 Å². The third-order valence-electron chi connectivity index (χ3n) is 0.854. The van der Waals surface area contributed by atoms with Crippen molar-refractivity contribution >= 4 is 6.29 Å². The van der Waals surface area contributed by atoms with Gasteiger partial charge in [-0.1, -0.05) is 25.5 Å². The van der Waals surface area contributed by atoms with E-state index in [4.69, 9.17) is 0 Å². The summed E-state index contributed by atoms with van der Waals surface area (Å²) in [6, 6.07) is 0. The molecule has 0 amide bonds. The van der Waals surface area contributed by atoms with Gasteiger partial charge in [0.15, 0.2) is 0 Å². The van der Waals surface area contributed by atoms with Gasteiger partial charge in [0.2, 0.25) is 0 Å². The highest BCUT2D eigenvalue weighted by Crippen LogP contribution is 1.88. The minimum Gasteiger partial charge on any atom is -0.303 e. The van der Waals surface area contributed by atoms with Crippen LogP contribution in [0, 0.1) is 0 Å². The predicted octanol–water partition coefficient (Wildman–Crippen LogP) is 1.93. The van der Waals surface area contributed by atoms with E-state index in [0.717, 1.165) is 19.1 Å². The SMILES string of the molecule is CCCC=CCC=O. The van der Waals surface area contributed by atoms with Crippen LogP contribution >= 0.6 is 0 Å². The normalized spacial score (nSPS) is 10.1. The lowest BCUT2D eigenvalue weighted by atomic mass is 10.3. The molecule has 0 fully saturated rings. The Balaban J connectivity index is 2.94. The Hall–Kier alpha value is -0.590. The van der Waals surface area contributed by atoms with Gasteiger partial charge in [-0.25, -0.2) is 0 Å². The second kappa shape index (κ2) is 6.41. The van der Waals surface area contributed by atoms with Crippen molar-refractivity contribution in [3.05, 3.63) is 12.2 Å². The Morgan fingerprint density at radius 3 is 2.62 bits per heavy atom. The van der Waals surface area contributed by atoms with Crippen molar-refractivity contribution in [2.75, 3.05) is 0 Å². The van der Waals surface area contributed by atoms with Gasteiger partial charge in [0.25, 0.3) is 0 Å². The maximum atomic E-state index is 9.72. The fourth-order valence-electron chi connectivity index (χ4n) is 0.436. The molecule has 1 heteroatoms. The first-order valence-corrected chi connectivity index (χ1v) is 3.00. The number of carbonyl (C=O) groups is 1. The third-order valence-corrected chi connectivity index (χ3v) is 0.854. The lowest BCUT2D eigenvalue weighted by molar-refractivity contribution is -0.107. The van der Waals surface area contributed by atoms with Gasteiger partial charge in [0.05, 0.1) is 0 Å². The minimum atomic E-state index is 0.569. The highest BCUT2D eigenvalue weighted by Gasteiger charge is 1.71. The smallest absolute Gasteiger partial charge is 0.123 e. The van der Waals surface area contributed by atoms with Crippen molar-refractivity contribution < 1.29 is 4.79 Å². The summed E-state index contributed by atoms with van der Waals surface area (Å²) in [5.74, 6) is 0. The zero-order valence-corrected chi connectivity index (χ0v) is 5.26. The van der Waals surface area contributed by atoms with Gasteiger partial charge in [-0.15, -0.1) is 0 Å². The first kappa shape index (κ1) is 7.41. The van der Waals surface area contributed by atoms with Crippen molar-refractivity contribution in [3.8, 4) is 0 Å². The lowest BCUT2D eigenvalue weighted by Crippen LogP contribution is -1.65. The maximum Gasteiger partial charge on any atom is 0.123 e. The molecular formula is C7H12O. The summed E-state index contributed by atoms with van der Waals surface area (Å²) in [4.78, 5) is 9.72. The number of hydrogen-bond donors (Lipinski definition) is 0. The Kier molecular flexibility index (Phi) is 5.94. The Morgan fingerprint density at radius 2 is 2.12 bits per heavy atom. The average Bonchev–Trinajstić information content (AvgIpc) is 1.81. The fraction of sp³-hybridized carbons (Fsp3) is 0.571. The number of unbranched alkanes of at least 4 members (excludes halogenated alkanes) is 1. The first-order chi connectivity index (χ1) is 3.91. The summed E-state index contributed by atoms with van der Waals surface area (Å²) >= 11 is 0. The molecule has 8 heavy (non-hydrogen) atoms. The van der Waals surface area contributed by atoms with E-state index in [-0.39, 0.29) is 0 Å². The van der Waals surface area contributed by atoms with Crippen LogP contribution < -0.4 is 0 Å². The van der Waals surface area contributed by atoms with Gasteiger partial charge in [-0.05, 0) is 6.42 Å². The van der Waals surface area contributed by atoms with Crippen molar-refractivity contribution in [1.29, 1.82) is 0 Å². The van der Waals surface area contributed by atoms with Crippen LogP contribution in [-0.4, -0.2) is 6.29 Å². The van der Waals surface area contributed by atoms with E-state index in [0.29, 0.717) is 6.42 Å². The van der Waals surface area contributed by atoms with Crippen molar-refractivity contribution in [3.63, 3.8) is 0 Å². The quantitative estimate of drug-likeness (QED) is 0.401. The molecule has 0 aromatic heterocycles. The van der Waals surface area contributed by atoms with Crippen LogP contribution in [0.3, 0.4) is 0 Å². The number of allylic oxidation sites excluding steroid dienone is 2. The fourth-order valence-corrected chi connectivity index (χ4v) is 0.436. The topological polar surface area (TPSA) is 17.1 Å². The molecule has 0 radical (unpaired) electrons. The molecule has 0 unspecified atom stereocenters. The molecule has 0 N–H and O–H groups in total. The molecule has 0 rings (SSSR count). The molecule has 0 aromatic carbocycles. The van der Waals surface area contributed by atoms with Gasteiger partial charge in [-0.3, -0.25) is 0 Å². The average molecular weight is 112 g/mol. The van der Waals surface area contributed by atoms with E-state index < -0.39 is 0 Å². The summed E-state index contributed by atoms with van der Waals surface area (Å²) in [5, 5.41) is 0. The van der Waals surface area contributed by atoms with Crippen molar-refractivity contribution in [1.82, 2.24) is 0 Å². The van der Waals surface area contributed by atoms with E-state index in [2.05, 4.69) is 6.92 Å². The maximum absolute atomic E-state index is 9.72. The van der Waals surface area contributed by atoms with Gasteiger partial charge in [0, 0.05) is 6.42 Å². The highest BCUT2D eigenvalue weighted by molar-refractivity contribution is 5.51. The Morgan fingerprint density at radius 1 is 1.38 bits per heavy atom. The standard InChI is InChI=1S/C7H12O/c1-2-3-4-5-6-7-8/h4-5,7H,2-3,6H2,1H3. The molecule has 46 valence electrons. The van der Waals surface area contributed by atoms with E-state index >= 15 is 0 Å². The summed E-state index contributed by atoms with van der Waals surface area (Å²) in [5.41, 5.74) is 0. The van der Waals surface area contributed by atoms with Crippen LogP contribution in [0.1, 0.15) is 26.2 Å². The van der Waals surface area contributed by atoms with E-state index in [1.165, 1.54) is 0 Å². The van der Waals surface area contributed by atoms with Crippen LogP contribution in [0.5, 0.6) is 0 Å². The van der Waals surface area contributed by atoms with Crippen molar-refractivity contribution in [2.45, 2.75) is 26.2 Å². The second-order valence-corrected chi connectivity index (χ2v) is 1.66. The summed E-state index contributed by atoms with van der Waals surface area (Å²) in [6.07, 6.45) is 7.67. The van der Waals surface area contributed by atoms with Crippen LogP contribution in [-0.2, 0) is 4.79 Å². The summed E-state index contributed by atoms with van der Waals surface area (Å²) in [6.45, 7) is 2.12. The molecule has 0 heterocycles. The Bertz CT molecular complexity index is 74.5. The summed E-state index contributed by atoms with van der Waals surface area (Å²) < 4.78 is 0. The van der Waals surface area contributed by atoms with Gasteiger partial charge in [0.1, 0.15) is 6.29 Å². The van der Waals surface area contributed by atoms with Crippen LogP contribution in [0.15, 0.2) is 12.2 Å². The van der Waals surface area contributed by atoms with E-state index in [9.17, 15) is 4.79 Å². The highest BCUT2D eigenvalue weighted by atomic mass is 16.1. The van der Waals surface area contributed by atoms with Gasteiger partial charge < -0.3 is 4.79 Å². The minimum absolute atomic E-state index is 0.569. The van der Waals surface area contributed by atoms with Crippen LogP contribution in [0.2, 0.25) is 0 Å². The number of rotatable bonds is 4. The molecule has 0 bridgehead atoms. The molecule has 0 atom stereocenters. The first-order valence-electron chi connectivity index (χ1n) is 3.00. The largest absolute Gasteiger partial charge is 0.303 e. The number of carbonyl (C=O) groups excluding carboxylic acids is 1. The van der Waals surface area contributed by atoms with Crippen LogP contribution in [0.25, 0.3) is 0 Å². The molecule has 0 aliphatic rings. The monoisotopic (exact) mass is 112 g/mol. The molecule has 1 nitrogen and oxygen atoms in total. The molecule has 0 aliphatic carbocycles. The predicted molar refractivity (Wildman–Crippen MR) is 34.7 cm³/mol. The zero-order valence-electron chi connectivity index (χ0n) is 5.26.